The zero-order chi connectivity index (χ0) is 17.7. The van der Waals surface area contributed by atoms with E-state index in [1.54, 1.807) is 0 Å². The molecule has 1 heterocycles. The largest absolute Gasteiger partial charge is 0.433 e. The number of nitrogens with zero attached hydrogens (tertiary/aromatic N) is 2. The number of rotatable bonds is 5. The van der Waals surface area contributed by atoms with Crippen LogP contribution in [-0.4, -0.2) is 27.5 Å². The third-order valence-electron chi connectivity index (χ3n) is 2.73. The molecule has 2 rings (SSSR count). The number of ketones is 1. The smallest absolute Gasteiger partial charge is 0.351 e. The van der Waals surface area contributed by atoms with E-state index in [9.17, 15) is 22.8 Å². The molecule has 0 aliphatic rings. The van der Waals surface area contributed by atoms with E-state index in [4.69, 9.17) is 5.73 Å². The molecular formula is C14H11F3N4O2S. The molecule has 0 aliphatic heterocycles. The Bertz CT molecular complexity index is 750. The van der Waals surface area contributed by atoms with Crippen LogP contribution in [0.5, 0.6) is 0 Å². The number of Topliss-reactive ketones (excluding diaryl/α,β-unsaturated/α-hetero) is 1. The van der Waals surface area contributed by atoms with E-state index in [1.807, 2.05) is 0 Å². The first-order valence-electron chi connectivity index (χ1n) is 6.48. The van der Waals surface area contributed by atoms with Crippen LogP contribution in [0.2, 0.25) is 0 Å². The van der Waals surface area contributed by atoms with E-state index >= 15 is 0 Å². The quantitative estimate of drug-likeness (QED) is 0.488. The molecule has 6 nitrogen and oxygen atoms in total. The Morgan fingerprint density at radius 2 is 1.83 bits per heavy atom. The molecule has 2 aromatic rings. The van der Waals surface area contributed by atoms with Crippen molar-refractivity contribution in [3.8, 4) is 0 Å². The van der Waals surface area contributed by atoms with Crippen LogP contribution in [0.15, 0.2) is 41.7 Å². The number of thioether (sulfide) groups is 1. The molecule has 3 N–H and O–H groups in total. The summed E-state index contributed by atoms with van der Waals surface area (Å²) in [7, 11) is 0. The van der Waals surface area contributed by atoms with Crippen molar-refractivity contribution >= 4 is 29.3 Å². The molecule has 0 aliphatic carbocycles. The van der Waals surface area contributed by atoms with E-state index in [0.29, 0.717) is 11.3 Å². The molecule has 0 saturated carbocycles. The van der Waals surface area contributed by atoms with Crippen molar-refractivity contribution < 1.29 is 22.8 Å². The summed E-state index contributed by atoms with van der Waals surface area (Å²) in [4.78, 5) is 29.8. The average Bonchev–Trinajstić information content (AvgIpc) is 2.52. The van der Waals surface area contributed by atoms with Crippen LogP contribution in [0.1, 0.15) is 16.1 Å². The summed E-state index contributed by atoms with van der Waals surface area (Å²) in [5, 5.41) is 2.21. The van der Waals surface area contributed by atoms with Gasteiger partial charge in [0.15, 0.2) is 10.9 Å². The predicted molar refractivity (Wildman–Crippen MR) is 81.7 cm³/mol. The number of amides is 2. The molecule has 126 valence electrons. The first-order chi connectivity index (χ1) is 11.3. The van der Waals surface area contributed by atoms with E-state index in [0.717, 1.165) is 24.0 Å². The minimum Gasteiger partial charge on any atom is -0.351 e. The number of nitrogens with one attached hydrogen (secondary N) is 1. The number of carbonyl (C=O) groups is 2. The maximum atomic E-state index is 12.6. The van der Waals surface area contributed by atoms with Crippen molar-refractivity contribution in [3.05, 3.63) is 47.8 Å². The number of hydrogen-bond donors (Lipinski definition) is 2. The van der Waals surface area contributed by atoms with Crippen molar-refractivity contribution in [3.63, 3.8) is 0 Å². The first-order valence-corrected chi connectivity index (χ1v) is 7.47. The highest BCUT2D eigenvalue weighted by Gasteiger charge is 2.32. The number of carbonyl (C=O) groups excluding carboxylic acids is 2. The van der Waals surface area contributed by atoms with Crippen molar-refractivity contribution in [2.75, 3.05) is 11.1 Å². The minimum atomic E-state index is -4.56. The van der Waals surface area contributed by atoms with Gasteiger partial charge in [0.2, 0.25) is 0 Å². The maximum Gasteiger partial charge on any atom is 0.433 e. The summed E-state index contributed by atoms with van der Waals surface area (Å²) in [6.07, 6.45) is -3.57. The molecule has 1 aromatic carbocycles. The summed E-state index contributed by atoms with van der Waals surface area (Å²) < 4.78 is 37.7. The summed E-state index contributed by atoms with van der Waals surface area (Å²) in [6, 6.07) is 5.96. The number of alkyl halides is 3. The Morgan fingerprint density at radius 1 is 1.17 bits per heavy atom. The van der Waals surface area contributed by atoms with Gasteiger partial charge < -0.3 is 11.1 Å². The molecule has 24 heavy (non-hydrogen) atoms. The second-order valence-corrected chi connectivity index (χ2v) is 5.44. The van der Waals surface area contributed by atoms with E-state index in [1.165, 1.54) is 24.3 Å². The lowest BCUT2D eigenvalue weighted by Gasteiger charge is -2.06. The number of benzene rings is 1. The second-order valence-electron chi connectivity index (χ2n) is 4.50. The Hall–Kier alpha value is -2.62. The van der Waals surface area contributed by atoms with Crippen LogP contribution < -0.4 is 11.1 Å². The molecule has 0 saturated heterocycles. The molecular weight excluding hydrogens is 345 g/mol. The van der Waals surface area contributed by atoms with Gasteiger partial charge in [-0.15, -0.1) is 0 Å². The van der Waals surface area contributed by atoms with Gasteiger partial charge in [0, 0.05) is 17.4 Å². The van der Waals surface area contributed by atoms with Gasteiger partial charge in [0.25, 0.3) is 0 Å². The molecule has 0 unspecified atom stereocenters. The number of nitrogens with two attached hydrogens (primary N) is 1. The van der Waals surface area contributed by atoms with Gasteiger partial charge in [0.1, 0.15) is 5.69 Å². The Kier molecular flexibility index (Phi) is 5.39. The third-order valence-corrected chi connectivity index (χ3v) is 3.59. The van der Waals surface area contributed by atoms with E-state index in [-0.39, 0.29) is 16.7 Å². The minimum absolute atomic E-state index is 0.121. The molecule has 0 bridgehead atoms. The fourth-order valence-corrected chi connectivity index (χ4v) is 2.39. The van der Waals surface area contributed by atoms with Gasteiger partial charge in [-0.1, -0.05) is 11.8 Å². The highest BCUT2D eigenvalue weighted by molar-refractivity contribution is 7.99. The molecule has 0 fully saturated rings. The van der Waals surface area contributed by atoms with Gasteiger partial charge in [-0.2, -0.15) is 13.2 Å². The zero-order valence-electron chi connectivity index (χ0n) is 12.0. The lowest BCUT2D eigenvalue weighted by atomic mass is 10.1. The van der Waals surface area contributed by atoms with Gasteiger partial charge in [0.05, 0.1) is 5.75 Å². The van der Waals surface area contributed by atoms with Crippen LogP contribution in [0, 0.1) is 0 Å². The Morgan fingerprint density at radius 3 is 2.42 bits per heavy atom. The van der Waals surface area contributed by atoms with Gasteiger partial charge in [-0.05, 0) is 30.3 Å². The van der Waals surface area contributed by atoms with Gasteiger partial charge >= 0.3 is 12.2 Å². The normalized spacial score (nSPS) is 11.1. The Labute approximate surface area is 138 Å². The molecule has 0 atom stereocenters. The average molecular weight is 356 g/mol. The number of primary amides is 1. The Balaban J connectivity index is 1.99. The van der Waals surface area contributed by atoms with Gasteiger partial charge in [-0.25, -0.2) is 14.8 Å². The fraction of sp³-hybridized carbons (Fsp3) is 0.143. The summed E-state index contributed by atoms with van der Waals surface area (Å²) in [6.45, 7) is 0. The fourth-order valence-electron chi connectivity index (χ4n) is 1.66. The number of hydrogen-bond acceptors (Lipinski definition) is 5. The van der Waals surface area contributed by atoms with Gasteiger partial charge in [-0.3, -0.25) is 4.79 Å². The highest BCUT2D eigenvalue weighted by atomic mass is 32.2. The van der Waals surface area contributed by atoms with Crippen LogP contribution in [0.4, 0.5) is 23.7 Å². The molecule has 0 radical (unpaired) electrons. The van der Waals surface area contributed by atoms with Crippen molar-refractivity contribution in [1.29, 1.82) is 0 Å². The standard InChI is InChI=1S/C14H11F3N4O2S/c15-14(16,17)11-5-6-19-13(21-11)24-7-10(22)8-1-3-9(4-2-8)20-12(18)23/h1-6H,7H2,(H3,18,20,23). The highest BCUT2D eigenvalue weighted by Crippen LogP contribution is 2.28. The summed E-state index contributed by atoms with van der Waals surface area (Å²) >= 11 is 0.807. The third kappa shape index (κ3) is 4.95. The van der Waals surface area contributed by atoms with Crippen molar-refractivity contribution in [1.82, 2.24) is 9.97 Å². The lowest BCUT2D eigenvalue weighted by Crippen LogP contribution is -2.19. The number of halogens is 3. The van der Waals surface area contributed by atoms with Crippen molar-refractivity contribution in [2.24, 2.45) is 5.73 Å². The summed E-state index contributed by atoms with van der Waals surface area (Å²) in [5.74, 6) is -0.434. The number of aromatic nitrogens is 2. The SMILES string of the molecule is NC(=O)Nc1ccc(C(=O)CSc2nccc(C(F)(F)F)n2)cc1. The lowest BCUT2D eigenvalue weighted by molar-refractivity contribution is -0.141. The monoisotopic (exact) mass is 356 g/mol. The van der Waals surface area contributed by atoms with Crippen LogP contribution in [0.3, 0.4) is 0 Å². The second kappa shape index (κ2) is 7.30. The van der Waals surface area contributed by atoms with Crippen LogP contribution >= 0.6 is 11.8 Å². The number of urea groups is 1. The van der Waals surface area contributed by atoms with Crippen LogP contribution in [0.25, 0.3) is 0 Å². The maximum absolute atomic E-state index is 12.6. The summed E-state index contributed by atoms with van der Waals surface area (Å²) in [5.41, 5.74) is 4.66. The topological polar surface area (TPSA) is 98.0 Å². The van der Waals surface area contributed by atoms with Crippen LogP contribution in [-0.2, 0) is 6.18 Å². The van der Waals surface area contributed by atoms with E-state index < -0.39 is 17.9 Å². The molecule has 2 amide bonds. The van der Waals surface area contributed by atoms with Crippen molar-refractivity contribution in [2.45, 2.75) is 11.3 Å². The van der Waals surface area contributed by atoms with E-state index in [2.05, 4.69) is 15.3 Å². The zero-order valence-corrected chi connectivity index (χ0v) is 12.8. The molecule has 10 heteroatoms. The number of anilines is 1. The first kappa shape index (κ1) is 17.7. The molecule has 0 spiro atoms. The predicted octanol–water partition coefficient (Wildman–Crippen LogP) is 2.96. The molecule has 1 aromatic heterocycles.